The topological polar surface area (TPSA) is 103 Å². The maximum atomic E-state index is 5.72. The highest BCUT2D eigenvalue weighted by atomic mass is 16.5. The third-order valence-corrected chi connectivity index (χ3v) is 2.59. The summed E-state index contributed by atoms with van der Waals surface area (Å²) in [6.07, 6.45) is 3.22. The molecule has 0 fully saturated rings. The Bertz CT molecular complexity index is 707. The van der Waals surface area contributed by atoms with Crippen LogP contribution in [0.1, 0.15) is 0 Å². The van der Waals surface area contributed by atoms with Gasteiger partial charge in [-0.2, -0.15) is 0 Å². The Kier molecular flexibility index (Phi) is 2.26. The average Bonchev–Trinajstić information content (AvgIpc) is 2.83. The molecule has 0 saturated carbocycles. The number of rotatable bonds is 2. The van der Waals surface area contributed by atoms with Crippen molar-refractivity contribution >= 4 is 22.4 Å². The van der Waals surface area contributed by atoms with Crippen LogP contribution in [0.15, 0.2) is 36.8 Å². The zero-order valence-electron chi connectivity index (χ0n) is 9.42. The zero-order valence-corrected chi connectivity index (χ0v) is 9.42. The lowest BCUT2D eigenvalue weighted by atomic mass is 10.2. The maximum absolute atomic E-state index is 5.72. The predicted octanol–water partition coefficient (Wildman–Crippen LogP) is 1.91. The number of benzene rings is 1. The Hall–Kier alpha value is -2.76. The molecule has 1 aromatic carbocycles. The van der Waals surface area contributed by atoms with E-state index in [1.807, 2.05) is 6.07 Å². The van der Waals surface area contributed by atoms with Gasteiger partial charge in [-0.25, -0.2) is 9.97 Å². The van der Waals surface area contributed by atoms with E-state index in [4.69, 9.17) is 16.2 Å². The van der Waals surface area contributed by atoms with E-state index in [1.54, 1.807) is 24.4 Å². The molecule has 3 rings (SSSR count). The van der Waals surface area contributed by atoms with Crippen molar-refractivity contribution in [3.63, 3.8) is 0 Å². The van der Waals surface area contributed by atoms with Crippen LogP contribution >= 0.6 is 0 Å². The molecule has 0 aliphatic rings. The fourth-order valence-electron chi connectivity index (χ4n) is 1.66. The molecule has 0 spiro atoms. The van der Waals surface area contributed by atoms with Gasteiger partial charge in [-0.3, -0.25) is 0 Å². The molecule has 0 bridgehead atoms. The SMILES string of the molecule is Nc1ccc(Oc2ncnc3[nH]ccc23)cc1N. The Morgan fingerprint density at radius 1 is 1.06 bits per heavy atom. The Morgan fingerprint density at radius 2 is 1.94 bits per heavy atom. The molecule has 6 heteroatoms. The largest absolute Gasteiger partial charge is 0.438 e. The van der Waals surface area contributed by atoms with E-state index >= 15 is 0 Å². The number of ether oxygens (including phenoxy) is 1. The highest BCUT2D eigenvalue weighted by Crippen LogP contribution is 2.28. The number of hydrogen-bond donors (Lipinski definition) is 3. The Balaban J connectivity index is 2.01. The number of hydrogen-bond acceptors (Lipinski definition) is 5. The summed E-state index contributed by atoms with van der Waals surface area (Å²) < 4.78 is 5.68. The molecule has 2 heterocycles. The van der Waals surface area contributed by atoms with Crippen molar-refractivity contribution in [3.05, 3.63) is 36.8 Å². The van der Waals surface area contributed by atoms with Crippen LogP contribution < -0.4 is 16.2 Å². The van der Waals surface area contributed by atoms with E-state index < -0.39 is 0 Å². The van der Waals surface area contributed by atoms with Crippen molar-refractivity contribution in [2.75, 3.05) is 11.5 Å². The first kappa shape index (κ1) is 10.4. The minimum atomic E-state index is 0.477. The van der Waals surface area contributed by atoms with E-state index in [-0.39, 0.29) is 0 Å². The average molecular weight is 241 g/mol. The number of H-pyrrole nitrogens is 1. The molecule has 6 nitrogen and oxygen atoms in total. The summed E-state index contributed by atoms with van der Waals surface area (Å²) in [5.74, 6) is 1.06. The quantitative estimate of drug-likeness (QED) is 0.595. The highest BCUT2D eigenvalue weighted by Gasteiger charge is 2.07. The molecule has 0 aliphatic heterocycles. The van der Waals surface area contributed by atoms with Crippen LogP contribution in [0.25, 0.3) is 11.0 Å². The summed E-state index contributed by atoms with van der Waals surface area (Å²) in [5.41, 5.74) is 13.1. The van der Waals surface area contributed by atoms with Crippen LogP contribution in [0, 0.1) is 0 Å². The number of anilines is 2. The number of aromatic nitrogens is 3. The third kappa shape index (κ3) is 1.69. The summed E-state index contributed by atoms with van der Waals surface area (Å²) in [7, 11) is 0. The van der Waals surface area contributed by atoms with Gasteiger partial charge in [0.25, 0.3) is 0 Å². The van der Waals surface area contributed by atoms with Crippen molar-refractivity contribution in [1.82, 2.24) is 15.0 Å². The lowest BCUT2D eigenvalue weighted by Crippen LogP contribution is -1.95. The molecule has 0 amide bonds. The summed E-state index contributed by atoms with van der Waals surface area (Å²) in [6.45, 7) is 0. The smallest absolute Gasteiger partial charge is 0.231 e. The Morgan fingerprint density at radius 3 is 2.78 bits per heavy atom. The van der Waals surface area contributed by atoms with E-state index in [0.29, 0.717) is 23.0 Å². The van der Waals surface area contributed by atoms with Crippen molar-refractivity contribution in [2.24, 2.45) is 0 Å². The molecular weight excluding hydrogens is 230 g/mol. The van der Waals surface area contributed by atoms with Crippen LogP contribution in [-0.2, 0) is 0 Å². The predicted molar refractivity (Wildman–Crippen MR) is 69.2 cm³/mol. The molecule has 0 unspecified atom stereocenters. The number of nitrogens with zero attached hydrogens (tertiary/aromatic N) is 2. The van der Waals surface area contributed by atoms with Crippen LogP contribution in [0.2, 0.25) is 0 Å². The molecule has 0 aliphatic carbocycles. The van der Waals surface area contributed by atoms with Crippen LogP contribution in [-0.4, -0.2) is 15.0 Å². The minimum Gasteiger partial charge on any atom is -0.438 e. The molecule has 5 N–H and O–H groups in total. The van der Waals surface area contributed by atoms with E-state index in [0.717, 1.165) is 11.0 Å². The van der Waals surface area contributed by atoms with Gasteiger partial charge in [0.1, 0.15) is 17.7 Å². The lowest BCUT2D eigenvalue weighted by Gasteiger charge is -2.07. The number of nitrogens with one attached hydrogen (secondary N) is 1. The molecule has 3 aromatic rings. The lowest BCUT2D eigenvalue weighted by molar-refractivity contribution is 0.468. The van der Waals surface area contributed by atoms with Gasteiger partial charge < -0.3 is 21.2 Å². The molecule has 0 saturated heterocycles. The monoisotopic (exact) mass is 241 g/mol. The van der Waals surface area contributed by atoms with Crippen molar-refractivity contribution in [1.29, 1.82) is 0 Å². The van der Waals surface area contributed by atoms with Gasteiger partial charge in [0.05, 0.1) is 16.8 Å². The maximum Gasteiger partial charge on any atom is 0.231 e. The standard InChI is InChI=1S/C12H11N5O/c13-9-2-1-7(5-10(9)14)18-12-8-3-4-15-11(8)16-6-17-12/h1-6H,13-14H2,(H,15,16,17). The second kappa shape index (κ2) is 3.92. The molecule has 90 valence electrons. The number of fused-ring (bicyclic) bond motifs is 1. The second-order valence-electron chi connectivity index (χ2n) is 3.81. The molecular formula is C12H11N5O. The van der Waals surface area contributed by atoms with Gasteiger partial charge in [-0.1, -0.05) is 0 Å². The fourth-order valence-corrected chi connectivity index (χ4v) is 1.66. The fraction of sp³-hybridized carbons (Fsp3) is 0. The summed E-state index contributed by atoms with van der Waals surface area (Å²) in [5, 5.41) is 0.813. The summed E-state index contributed by atoms with van der Waals surface area (Å²) in [4.78, 5) is 11.2. The third-order valence-electron chi connectivity index (χ3n) is 2.59. The first-order chi connectivity index (χ1) is 8.74. The number of aromatic amines is 1. The van der Waals surface area contributed by atoms with E-state index in [9.17, 15) is 0 Å². The molecule has 18 heavy (non-hydrogen) atoms. The van der Waals surface area contributed by atoms with E-state index in [2.05, 4.69) is 15.0 Å². The van der Waals surface area contributed by atoms with Crippen LogP contribution in [0.3, 0.4) is 0 Å². The van der Waals surface area contributed by atoms with Gasteiger partial charge in [0, 0.05) is 12.3 Å². The van der Waals surface area contributed by atoms with Crippen LogP contribution in [0.4, 0.5) is 11.4 Å². The van der Waals surface area contributed by atoms with Crippen LogP contribution in [0.5, 0.6) is 11.6 Å². The molecule has 0 atom stereocenters. The van der Waals surface area contributed by atoms with Gasteiger partial charge >= 0.3 is 0 Å². The van der Waals surface area contributed by atoms with Gasteiger partial charge in [0.15, 0.2) is 0 Å². The normalized spacial score (nSPS) is 10.7. The van der Waals surface area contributed by atoms with Crippen molar-refractivity contribution in [2.45, 2.75) is 0 Å². The van der Waals surface area contributed by atoms with E-state index in [1.165, 1.54) is 6.33 Å². The number of nitrogens with two attached hydrogens (primary N) is 2. The summed E-state index contributed by atoms with van der Waals surface area (Å²) in [6, 6.07) is 6.95. The van der Waals surface area contributed by atoms with Crippen molar-refractivity contribution in [3.8, 4) is 11.6 Å². The van der Waals surface area contributed by atoms with Gasteiger partial charge in [-0.15, -0.1) is 0 Å². The summed E-state index contributed by atoms with van der Waals surface area (Å²) >= 11 is 0. The highest BCUT2D eigenvalue weighted by molar-refractivity contribution is 5.80. The van der Waals surface area contributed by atoms with Gasteiger partial charge in [0.2, 0.25) is 5.88 Å². The first-order valence-electron chi connectivity index (χ1n) is 5.35. The van der Waals surface area contributed by atoms with Crippen molar-refractivity contribution < 1.29 is 4.74 Å². The molecule has 0 radical (unpaired) electrons. The van der Waals surface area contributed by atoms with Gasteiger partial charge in [-0.05, 0) is 18.2 Å². The zero-order chi connectivity index (χ0) is 12.5. The first-order valence-corrected chi connectivity index (χ1v) is 5.35. The number of nitrogen functional groups attached to an aromatic ring is 2. The second-order valence-corrected chi connectivity index (χ2v) is 3.81. The molecule has 2 aromatic heterocycles. The minimum absolute atomic E-state index is 0.477. The Labute approximate surface area is 103 Å².